The van der Waals surface area contributed by atoms with Gasteiger partial charge in [0.05, 0.1) is 11.4 Å². The predicted octanol–water partition coefficient (Wildman–Crippen LogP) is 0.948. The summed E-state index contributed by atoms with van der Waals surface area (Å²) in [6.45, 7) is 5.58. The zero-order chi connectivity index (χ0) is 17.3. The van der Waals surface area contributed by atoms with Crippen molar-refractivity contribution in [2.75, 3.05) is 5.32 Å². The van der Waals surface area contributed by atoms with Crippen molar-refractivity contribution in [1.82, 2.24) is 30.0 Å². The molecule has 3 N–H and O–H groups in total. The third-order valence-corrected chi connectivity index (χ3v) is 4.64. The lowest BCUT2D eigenvalue weighted by Gasteiger charge is -2.31. The smallest absolute Gasteiger partial charge is 0.270 e. The molecular formula is C14H19N7O2S. The molecule has 1 aliphatic heterocycles. The fraction of sp³-hybridized carbons (Fsp3) is 0.500. The Labute approximate surface area is 143 Å². The minimum atomic E-state index is -0.499. The SMILES string of the molecule is CCC1CC(=O)NC(n2nc(C)cc2NC(=O)c2snnc2C)N1. The van der Waals surface area contributed by atoms with Gasteiger partial charge in [-0.25, -0.2) is 4.68 Å². The molecule has 10 heteroatoms. The Bertz CT molecular complexity index is 769. The summed E-state index contributed by atoms with van der Waals surface area (Å²) >= 11 is 1.04. The van der Waals surface area contributed by atoms with Crippen LogP contribution in [0, 0.1) is 13.8 Å². The van der Waals surface area contributed by atoms with Crippen molar-refractivity contribution >= 4 is 29.2 Å². The summed E-state index contributed by atoms with van der Waals surface area (Å²) in [5.74, 6) is 0.163. The molecule has 1 fully saturated rings. The predicted molar refractivity (Wildman–Crippen MR) is 88.6 cm³/mol. The average Bonchev–Trinajstić information content (AvgIpc) is 3.12. The fourth-order valence-electron chi connectivity index (χ4n) is 2.57. The van der Waals surface area contributed by atoms with Crippen molar-refractivity contribution in [3.8, 4) is 0 Å². The number of nitrogens with one attached hydrogen (secondary N) is 3. The number of hydrogen-bond donors (Lipinski definition) is 3. The molecule has 0 saturated carbocycles. The number of amides is 2. The number of hydrogen-bond acceptors (Lipinski definition) is 7. The molecule has 2 amide bonds. The summed E-state index contributed by atoms with van der Waals surface area (Å²) in [5, 5.41) is 17.2. The molecule has 2 aromatic rings. The van der Waals surface area contributed by atoms with E-state index in [-0.39, 0.29) is 17.9 Å². The molecule has 1 aliphatic rings. The summed E-state index contributed by atoms with van der Waals surface area (Å²) in [6.07, 6.45) is 0.763. The van der Waals surface area contributed by atoms with E-state index in [1.807, 2.05) is 13.8 Å². The molecule has 0 aliphatic carbocycles. The van der Waals surface area contributed by atoms with Crippen LogP contribution in [0.4, 0.5) is 5.82 Å². The Morgan fingerprint density at radius 1 is 1.50 bits per heavy atom. The van der Waals surface area contributed by atoms with Crippen LogP contribution in [0.3, 0.4) is 0 Å². The highest BCUT2D eigenvalue weighted by atomic mass is 32.1. The maximum absolute atomic E-state index is 12.4. The van der Waals surface area contributed by atoms with Gasteiger partial charge in [0.25, 0.3) is 5.91 Å². The summed E-state index contributed by atoms with van der Waals surface area (Å²) in [5.41, 5.74) is 1.31. The highest BCUT2D eigenvalue weighted by Crippen LogP contribution is 2.20. The molecule has 0 aromatic carbocycles. The van der Waals surface area contributed by atoms with E-state index in [1.165, 1.54) is 0 Å². The lowest BCUT2D eigenvalue weighted by Crippen LogP contribution is -2.53. The van der Waals surface area contributed by atoms with E-state index in [2.05, 4.69) is 30.6 Å². The third-order valence-electron chi connectivity index (χ3n) is 3.82. The van der Waals surface area contributed by atoms with Crippen molar-refractivity contribution in [1.29, 1.82) is 0 Å². The van der Waals surface area contributed by atoms with E-state index in [0.29, 0.717) is 22.8 Å². The first-order chi connectivity index (χ1) is 11.5. The number of nitrogens with zero attached hydrogens (tertiary/aromatic N) is 4. The fourth-order valence-corrected chi connectivity index (χ4v) is 3.12. The lowest BCUT2D eigenvalue weighted by molar-refractivity contribution is -0.125. The monoisotopic (exact) mass is 349 g/mol. The van der Waals surface area contributed by atoms with Gasteiger partial charge < -0.3 is 10.6 Å². The van der Waals surface area contributed by atoms with Crippen molar-refractivity contribution < 1.29 is 9.59 Å². The normalized spacial score (nSPS) is 20.7. The number of aromatic nitrogens is 4. The van der Waals surface area contributed by atoms with Gasteiger partial charge in [-0.2, -0.15) is 5.10 Å². The van der Waals surface area contributed by atoms with Crippen LogP contribution in [-0.4, -0.2) is 37.2 Å². The van der Waals surface area contributed by atoms with Crippen molar-refractivity contribution in [3.63, 3.8) is 0 Å². The molecule has 2 unspecified atom stereocenters. The number of rotatable bonds is 4. The summed E-state index contributed by atoms with van der Waals surface area (Å²) < 4.78 is 5.35. The van der Waals surface area contributed by atoms with E-state index >= 15 is 0 Å². The largest absolute Gasteiger partial charge is 0.322 e. The van der Waals surface area contributed by atoms with Gasteiger partial charge >= 0.3 is 0 Å². The van der Waals surface area contributed by atoms with Gasteiger partial charge in [-0.15, -0.1) is 5.10 Å². The van der Waals surface area contributed by atoms with Gasteiger partial charge in [0.2, 0.25) is 5.91 Å². The molecule has 2 aromatic heterocycles. The maximum Gasteiger partial charge on any atom is 0.270 e. The highest BCUT2D eigenvalue weighted by molar-refractivity contribution is 7.08. The molecule has 128 valence electrons. The molecular weight excluding hydrogens is 330 g/mol. The Morgan fingerprint density at radius 2 is 2.29 bits per heavy atom. The Morgan fingerprint density at radius 3 is 2.96 bits per heavy atom. The quantitative estimate of drug-likeness (QED) is 0.757. The van der Waals surface area contributed by atoms with Crippen LogP contribution in [0.15, 0.2) is 6.07 Å². The topological polar surface area (TPSA) is 114 Å². The zero-order valence-corrected chi connectivity index (χ0v) is 14.5. The molecule has 3 rings (SSSR count). The molecule has 0 radical (unpaired) electrons. The van der Waals surface area contributed by atoms with Gasteiger partial charge in [-0.3, -0.25) is 14.9 Å². The van der Waals surface area contributed by atoms with Crippen LogP contribution in [0.2, 0.25) is 0 Å². The standard InChI is InChI=1S/C14H19N7O2S/c1-4-9-6-11(22)17-14(15-9)21-10(5-7(2)19-21)16-13(23)12-8(3)18-20-24-12/h5,9,14-15H,4,6H2,1-3H3,(H,16,23)(H,17,22). The first kappa shape index (κ1) is 16.5. The van der Waals surface area contributed by atoms with Crippen molar-refractivity contribution in [3.05, 3.63) is 22.3 Å². The highest BCUT2D eigenvalue weighted by Gasteiger charge is 2.28. The summed E-state index contributed by atoms with van der Waals surface area (Å²) in [7, 11) is 0. The van der Waals surface area contributed by atoms with Crippen LogP contribution in [-0.2, 0) is 4.79 Å². The Kier molecular flexibility index (Phi) is 4.58. The lowest BCUT2D eigenvalue weighted by atomic mass is 10.1. The first-order valence-electron chi connectivity index (χ1n) is 7.69. The van der Waals surface area contributed by atoms with Gasteiger partial charge in [0.15, 0.2) is 6.29 Å². The van der Waals surface area contributed by atoms with Crippen LogP contribution in [0.25, 0.3) is 0 Å². The van der Waals surface area contributed by atoms with E-state index in [0.717, 1.165) is 23.6 Å². The molecule has 1 saturated heterocycles. The molecule has 3 heterocycles. The first-order valence-corrected chi connectivity index (χ1v) is 8.47. The van der Waals surface area contributed by atoms with E-state index in [1.54, 1.807) is 17.7 Å². The van der Waals surface area contributed by atoms with Gasteiger partial charge in [0, 0.05) is 18.5 Å². The Balaban J connectivity index is 1.84. The molecule has 0 bridgehead atoms. The summed E-state index contributed by atoms with van der Waals surface area (Å²) in [4.78, 5) is 24.7. The maximum atomic E-state index is 12.4. The second-order valence-electron chi connectivity index (χ2n) is 5.70. The molecule has 24 heavy (non-hydrogen) atoms. The van der Waals surface area contributed by atoms with Crippen LogP contribution < -0.4 is 16.0 Å². The van der Waals surface area contributed by atoms with Crippen LogP contribution in [0.1, 0.15) is 47.1 Å². The number of carbonyl (C=O) groups excluding carboxylic acids is 2. The summed E-state index contributed by atoms with van der Waals surface area (Å²) in [6, 6.07) is 1.83. The molecule has 0 spiro atoms. The molecule has 9 nitrogen and oxygen atoms in total. The van der Waals surface area contributed by atoms with Gasteiger partial charge in [0.1, 0.15) is 10.7 Å². The second-order valence-corrected chi connectivity index (χ2v) is 6.46. The van der Waals surface area contributed by atoms with Crippen LogP contribution in [0.5, 0.6) is 0 Å². The average molecular weight is 349 g/mol. The van der Waals surface area contributed by atoms with Crippen molar-refractivity contribution in [2.24, 2.45) is 0 Å². The van der Waals surface area contributed by atoms with Crippen molar-refractivity contribution in [2.45, 2.75) is 45.9 Å². The number of aryl methyl sites for hydroxylation is 2. The minimum absolute atomic E-state index is 0.0430. The van der Waals surface area contributed by atoms with Gasteiger partial charge in [-0.1, -0.05) is 11.4 Å². The molecule has 2 atom stereocenters. The van der Waals surface area contributed by atoms with Gasteiger partial charge in [-0.05, 0) is 31.8 Å². The number of anilines is 1. The van der Waals surface area contributed by atoms with E-state index in [9.17, 15) is 9.59 Å². The van der Waals surface area contributed by atoms with E-state index < -0.39 is 6.29 Å². The zero-order valence-electron chi connectivity index (χ0n) is 13.7. The Hall–Kier alpha value is -2.33. The van der Waals surface area contributed by atoms with E-state index in [4.69, 9.17) is 0 Å². The number of carbonyl (C=O) groups is 2. The second kappa shape index (κ2) is 6.65. The van der Waals surface area contributed by atoms with Crippen LogP contribution >= 0.6 is 11.5 Å². The minimum Gasteiger partial charge on any atom is -0.322 e. The third kappa shape index (κ3) is 3.29.